The van der Waals surface area contributed by atoms with Crippen molar-refractivity contribution in [2.24, 2.45) is 0 Å². The van der Waals surface area contributed by atoms with Crippen LogP contribution in [0.5, 0.6) is 5.75 Å². The minimum absolute atomic E-state index is 0.153. The van der Waals surface area contributed by atoms with Gasteiger partial charge in [0.05, 0.1) is 6.61 Å². The predicted molar refractivity (Wildman–Crippen MR) is 75.4 cm³/mol. The van der Waals surface area contributed by atoms with Gasteiger partial charge in [0.1, 0.15) is 5.75 Å². The van der Waals surface area contributed by atoms with Crippen LogP contribution in [0.25, 0.3) is 0 Å². The highest BCUT2D eigenvalue weighted by atomic mass is 32.1. The fraction of sp³-hybridized carbons (Fsp3) is 0.571. The molecule has 0 amide bonds. The molecular weight excluding hydrogens is 230 g/mol. The Morgan fingerprint density at radius 1 is 1.41 bits per heavy atom. The first-order valence-electron chi connectivity index (χ1n) is 6.21. The molecular formula is C14H21NOS. The summed E-state index contributed by atoms with van der Waals surface area (Å²) in [5, 5.41) is 3.43. The monoisotopic (exact) mass is 251 g/mol. The SMILES string of the molecule is CC(C)(CNCCS)c1ccc2c(c1)CCO2. The number of benzene rings is 1. The van der Waals surface area contributed by atoms with Gasteiger partial charge in [0.15, 0.2) is 0 Å². The molecule has 1 N–H and O–H groups in total. The van der Waals surface area contributed by atoms with Crippen LogP contribution in [-0.4, -0.2) is 25.4 Å². The molecule has 0 fully saturated rings. The van der Waals surface area contributed by atoms with Crippen molar-refractivity contribution in [1.82, 2.24) is 5.32 Å². The molecule has 1 aliphatic heterocycles. The van der Waals surface area contributed by atoms with E-state index < -0.39 is 0 Å². The molecule has 1 heterocycles. The van der Waals surface area contributed by atoms with E-state index in [2.05, 4.69) is 50.0 Å². The van der Waals surface area contributed by atoms with E-state index in [1.54, 1.807) is 0 Å². The Bertz CT molecular complexity index is 390. The second-order valence-corrected chi connectivity index (χ2v) is 5.65. The van der Waals surface area contributed by atoms with Gasteiger partial charge in [0, 0.05) is 30.7 Å². The second kappa shape index (κ2) is 5.32. The van der Waals surface area contributed by atoms with E-state index in [0.717, 1.165) is 37.6 Å². The van der Waals surface area contributed by atoms with E-state index >= 15 is 0 Å². The Hall–Kier alpha value is -0.670. The molecule has 94 valence electrons. The number of hydrogen-bond donors (Lipinski definition) is 2. The van der Waals surface area contributed by atoms with Crippen molar-refractivity contribution in [2.45, 2.75) is 25.7 Å². The highest BCUT2D eigenvalue weighted by molar-refractivity contribution is 7.80. The summed E-state index contributed by atoms with van der Waals surface area (Å²) in [7, 11) is 0. The van der Waals surface area contributed by atoms with Gasteiger partial charge in [-0.25, -0.2) is 0 Å². The van der Waals surface area contributed by atoms with E-state index in [0.29, 0.717) is 0 Å². The van der Waals surface area contributed by atoms with E-state index in [9.17, 15) is 0 Å². The van der Waals surface area contributed by atoms with E-state index in [-0.39, 0.29) is 5.41 Å². The Labute approximate surface area is 109 Å². The first kappa shape index (κ1) is 12.8. The molecule has 0 aliphatic carbocycles. The second-order valence-electron chi connectivity index (χ2n) is 5.21. The predicted octanol–water partition coefficient (Wildman–Crippen LogP) is 2.42. The number of thiol groups is 1. The van der Waals surface area contributed by atoms with Crippen LogP contribution in [0.4, 0.5) is 0 Å². The quantitative estimate of drug-likeness (QED) is 0.619. The fourth-order valence-corrected chi connectivity index (χ4v) is 2.35. The molecule has 17 heavy (non-hydrogen) atoms. The summed E-state index contributed by atoms with van der Waals surface area (Å²) in [4.78, 5) is 0. The smallest absolute Gasteiger partial charge is 0.122 e. The molecule has 0 radical (unpaired) electrons. The van der Waals surface area contributed by atoms with Gasteiger partial charge in [0.2, 0.25) is 0 Å². The average molecular weight is 251 g/mol. The molecule has 2 rings (SSSR count). The van der Waals surface area contributed by atoms with Crippen molar-refractivity contribution in [1.29, 1.82) is 0 Å². The molecule has 0 saturated carbocycles. The normalized spacial score (nSPS) is 14.5. The lowest BCUT2D eigenvalue weighted by molar-refractivity contribution is 0.356. The average Bonchev–Trinajstić information content (AvgIpc) is 2.76. The molecule has 0 bridgehead atoms. The minimum atomic E-state index is 0.153. The number of fused-ring (bicyclic) bond motifs is 1. The molecule has 0 saturated heterocycles. The van der Waals surface area contributed by atoms with Crippen LogP contribution in [0.15, 0.2) is 18.2 Å². The Balaban J connectivity index is 2.10. The molecule has 1 aliphatic rings. The molecule has 0 aromatic heterocycles. The highest BCUT2D eigenvalue weighted by Crippen LogP contribution is 2.31. The molecule has 0 unspecified atom stereocenters. The Morgan fingerprint density at radius 2 is 2.24 bits per heavy atom. The maximum atomic E-state index is 5.54. The summed E-state index contributed by atoms with van der Waals surface area (Å²) in [6, 6.07) is 6.59. The van der Waals surface area contributed by atoms with Gasteiger partial charge in [-0.3, -0.25) is 0 Å². The third-order valence-electron chi connectivity index (χ3n) is 3.33. The topological polar surface area (TPSA) is 21.3 Å². The van der Waals surface area contributed by atoms with E-state index in [4.69, 9.17) is 4.74 Å². The van der Waals surface area contributed by atoms with Gasteiger partial charge in [0.25, 0.3) is 0 Å². The van der Waals surface area contributed by atoms with Crippen LogP contribution < -0.4 is 10.1 Å². The van der Waals surface area contributed by atoms with Gasteiger partial charge in [-0.05, 0) is 17.2 Å². The summed E-state index contributed by atoms with van der Waals surface area (Å²) in [6.45, 7) is 7.32. The summed E-state index contributed by atoms with van der Waals surface area (Å²) < 4.78 is 5.54. The van der Waals surface area contributed by atoms with Gasteiger partial charge >= 0.3 is 0 Å². The van der Waals surface area contributed by atoms with E-state index in [1.807, 2.05) is 0 Å². The van der Waals surface area contributed by atoms with Gasteiger partial charge < -0.3 is 10.1 Å². The van der Waals surface area contributed by atoms with Crippen LogP contribution in [0.3, 0.4) is 0 Å². The zero-order valence-corrected chi connectivity index (χ0v) is 11.5. The van der Waals surface area contributed by atoms with Crippen molar-refractivity contribution >= 4 is 12.6 Å². The lowest BCUT2D eigenvalue weighted by Gasteiger charge is -2.26. The highest BCUT2D eigenvalue weighted by Gasteiger charge is 2.22. The van der Waals surface area contributed by atoms with Crippen LogP contribution >= 0.6 is 12.6 Å². The van der Waals surface area contributed by atoms with E-state index in [1.165, 1.54) is 11.1 Å². The van der Waals surface area contributed by atoms with Crippen LogP contribution in [0.1, 0.15) is 25.0 Å². The zero-order valence-electron chi connectivity index (χ0n) is 10.6. The van der Waals surface area contributed by atoms with Crippen molar-refractivity contribution in [3.63, 3.8) is 0 Å². The number of ether oxygens (including phenoxy) is 1. The number of rotatable bonds is 5. The Kier molecular flexibility index (Phi) is 4.00. The summed E-state index contributed by atoms with van der Waals surface area (Å²) in [5.41, 5.74) is 2.89. The number of hydrogen-bond acceptors (Lipinski definition) is 3. The largest absolute Gasteiger partial charge is 0.493 e. The first-order chi connectivity index (χ1) is 8.13. The van der Waals surface area contributed by atoms with Crippen molar-refractivity contribution < 1.29 is 4.74 Å². The van der Waals surface area contributed by atoms with Gasteiger partial charge in [-0.1, -0.05) is 26.0 Å². The zero-order chi connectivity index (χ0) is 12.3. The maximum Gasteiger partial charge on any atom is 0.122 e. The summed E-state index contributed by atoms with van der Waals surface area (Å²) in [6.07, 6.45) is 1.04. The Morgan fingerprint density at radius 3 is 3.00 bits per heavy atom. The van der Waals surface area contributed by atoms with Crippen LogP contribution in [0, 0.1) is 0 Å². The van der Waals surface area contributed by atoms with Crippen molar-refractivity contribution in [2.75, 3.05) is 25.4 Å². The third kappa shape index (κ3) is 2.96. The molecule has 1 aromatic carbocycles. The summed E-state index contributed by atoms with van der Waals surface area (Å²) >= 11 is 4.21. The summed E-state index contributed by atoms with van der Waals surface area (Å²) in [5.74, 6) is 1.95. The van der Waals surface area contributed by atoms with Crippen molar-refractivity contribution in [3.05, 3.63) is 29.3 Å². The molecule has 0 spiro atoms. The lowest BCUT2D eigenvalue weighted by Crippen LogP contribution is -2.34. The molecule has 1 aromatic rings. The number of nitrogens with one attached hydrogen (secondary N) is 1. The van der Waals surface area contributed by atoms with Crippen LogP contribution in [-0.2, 0) is 11.8 Å². The van der Waals surface area contributed by atoms with Gasteiger partial charge in [-0.15, -0.1) is 0 Å². The van der Waals surface area contributed by atoms with Crippen molar-refractivity contribution in [3.8, 4) is 5.75 Å². The lowest BCUT2D eigenvalue weighted by atomic mass is 9.83. The molecule has 3 heteroatoms. The fourth-order valence-electron chi connectivity index (χ4n) is 2.19. The minimum Gasteiger partial charge on any atom is -0.493 e. The first-order valence-corrected chi connectivity index (χ1v) is 6.84. The molecule has 0 atom stereocenters. The van der Waals surface area contributed by atoms with Crippen LogP contribution in [0.2, 0.25) is 0 Å². The standard InChI is InChI=1S/C14H21NOS/c1-14(2,10-15-6-8-17)12-3-4-13-11(9-12)5-7-16-13/h3-4,9,15,17H,5-8,10H2,1-2H3. The van der Waals surface area contributed by atoms with Gasteiger partial charge in [-0.2, -0.15) is 12.6 Å². The maximum absolute atomic E-state index is 5.54. The third-order valence-corrected chi connectivity index (χ3v) is 3.55. The molecule has 2 nitrogen and oxygen atoms in total.